The zero-order valence-corrected chi connectivity index (χ0v) is 13.7. The third-order valence-electron chi connectivity index (χ3n) is 3.19. The van der Waals surface area contributed by atoms with Crippen LogP contribution >= 0.6 is 0 Å². The zero-order valence-electron chi connectivity index (χ0n) is 12.8. The molecule has 0 bridgehead atoms. The van der Waals surface area contributed by atoms with E-state index in [4.69, 9.17) is 9.84 Å². The van der Waals surface area contributed by atoms with Gasteiger partial charge in [-0.15, -0.1) is 0 Å². The first kappa shape index (κ1) is 17.6. The minimum atomic E-state index is -3.46. The van der Waals surface area contributed by atoms with Gasteiger partial charge in [-0.1, -0.05) is 17.7 Å². The van der Waals surface area contributed by atoms with E-state index in [9.17, 15) is 18.3 Å². The second kappa shape index (κ2) is 7.18. The predicted octanol–water partition coefficient (Wildman–Crippen LogP) is 2.77. The molecule has 2 aromatic carbocycles. The lowest BCUT2D eigenvalue weighted by atomic mass is 10.2. The van der Waals surface area contributed by atoms with Gasteiger partial charge in [-0.2, -0.15) is 0 Å². The summed E-state index contributed by atoms with van der Waals surface area (Å²) in [6.07, 6.45) is 2.49. The third kappa shape index (κ3) is 4.36. The lowest BCUT2D eigenvalue weighted by Gasteiger charge is -2.04. The molecule has 126 valence electrons. The van der Waals surface area contributed by atoms with Crippen molar-refractivity contribution in [1.29, 1.82) is 0 Å². The van der Waals surface area contributed by atoms with Crippen LogP contribution in [0, 0.1) is 6.92 Å². The summed E-state index contributed by atoms with van der Waals surface area (Å²) in [5, 5.41) is 18.3. The summed E-state index contributed by atoms with van der Waals surface area (Å²) < 4.78 is 29.4. The Morgan fingerprint density at radius 1 is 1.17 bits per heavy atom. The Labute approximate surface area is 139 Å². The number of ether oxygens (including phenoxy) is 1. The van der Waals surface area contributed by atoms with E-state index in [1.165, 1.54) is 24.5 Å². The molecular weight excluding hydrogens is 332 g/mol. The number of aromatic carboxylic acids is 1. The molecule has 6 nitrogen and oxygen atoms in total. The third-order valence-corrected chi connectivity index (χ3v) is 4.82. The summed E-state index contributed by atoms with van der Waals surface area (Å²) >= 11 is 0. The van der Waals surface area contributed by atoms with Crippen molar-refractivity contribution in [2.24, 2.45) is 0 Å². The number of aryl methyl sites for hydroxylation is 1. The monoisotopic (exact) mass is 348 g/mol. The molecule has 0 radical (unpaired) electrons. The van der Waals surface area contributed by atoms with Crippen LogP contribution in [-0.4, -0.2) is 30.4 Å². The summed E-state index contributed by atoms with van der Waals surface area (Å²) in [6.45, 7) is 1.87. The Kier molecular flexibility index (Phi) is 5.25. The molecular formula is C17H16O6S. The van der Waals surface area contributed by atoms with Gasteiger partial charge in [-0.3, -0.25) is 0 Å². The molecule has 0 heterocycles. The molecule has 24 heavy (non-hydrogen) atoms. The molecule has 0 aliphatic carbocycles. The molecule has 2 N–H and O–H groups in total. The molecule has 2 rings (SSSR count). The number of carbonyl (C=O) groups is 1. The van der Waals surface area contributed by atoms with Crippen LogP contribution < -0.4 is 4.74 Å². The number of carboxylic acids is 1. The van der Waals surface area contributed by atoms with Crippen molar-refractivity contribution in [1.82, 2.24) is 0 Å². The molecule has 0 aliphatic rings. The van der Waals surface area contributed by atoms with E-state index in [-0.39, 0.29) is 27.7 Å². The van der Waals surface area contributed by atoms with Gasteiger partial charge in [0.15, 0.2) is 9.84 Å². The van der Waals surface area contributed by atoms with Crippen molar-refractivity contribution in [3.8, 4) is 11.5 Å². The standard InChI is InChI=1S/C17H16O6S/c1-12-3-6-14(7-4-12)24(21,22)10-2-9-23-13-5-8-16(18)15(11-13)17(19)20/h2-9,11,18H,10H2,1H3,(H,19,20)/b9-2-. The van der Waals surface area contributed by atoms with E-state index < -0.39 is 15.8 Å². The van der Waals surface area contributed by atoms with Gasteiger partial charge in [0.25, 0.3) is 0 Å². The van der Waals surface area contributed by atoms with Crippen LogP contribution in [0.3, 0.4) is 0 Å². The highest BCUT2D eigenvalue weighted by Crippen LogP contribution is 2.23. The Morgan fingerprint density at radius 3 is 2.46 bits per heavy atom. The van der Waals surface area contributed by atoms with Gasteiger partial charge in [0, 0.05) is 0 Å². The molecule has 0 fully saturated rings. The quantitative estimate of drug-likeness (QED) is 0.779. The summed E-state index contributed by atoms with van der Waals surface area (Å²) in [7, 11) is -3.46. The van der Waals surface area contributed by atoms with E-state index in [1.807, 2.05) is 6.92 Å². The Balaban J connectivity index is 2.03. The highest BCUT2D eigenvalue weighted by molar-refractivity contribution is 7.91. The van der Waals surface area contributed by atoms with Crippen molar-refractivity contribution < 1.29 is 28.2 Å². The van der Waals surface area contributed by atoms with Crippen LogP contribution in [0.25, 0.3) is 0 Å². The number of carboxylic acid groups (broad SMARTS) is 1. The van der Waals surface area contributed by atoms with Gasteiger partial charge in [-0.05, 0) is 43.3 Å². The fourth-order valence-corrected chi connectivity index (χ4v) is 2.97. The van der Waals surface area contributed by atoms with Crippen molar-refractivity contribution in [2.45, 2.75) is 11.8 Å². The Hall–Kier alpha value is -2.80. The smallest absolute Gasteiger partial charge is 0.339 e. The molecule has 0 atom stereocenters. The topological polar surface area (TPSA) is 101 Å². The molecule has 2 aromatic rings. The number of aromatic hydroxyl groups is 1. The molecule has 7 heteroatoms. The predicted molar refractivity (Wildman–Crippen MR) is 88.1 cm³/mol. The van der Waals surface area contributed by atoms with Gasteiger partial charge in [-0.25, -0.2) is 13.2 Å². The number of sulfone groups is 1. The number of benzene rings is 2. The van der Waals surface area contributed by atoms with E-state index in [0.29, 0.717) is 0 Å². The molecule has 0 aromatic heterocycles. The highest BCUT2D eigenvalue weighted by Gasteiger charge is 2.12. The second-order valence-electron chi connectivity index (χ2n) is 5.07. The maximum atomic E-state index is 12.1. The van der Waals surface area contributed by atoms with Crippen molar-refractivity contribution >= 4 is 15.8 Å². The van der Waals surface area contributed by atoms with Crippen molar-refractivity contribution in [3.63, 3.8) is 0 Å². The first-order chi connectivity index (χ1) is 11.3. The van der Waals surface area contributed by atoms with E-state index in [2.05, 4.69) is 0 Å². The number of hydrogen-bond donors (Lipinski definition) is 2. The maximum absolute atomic E-state index is 12.1. The fourth-order valence-electron chi connectivity index (χ4n) is 1.89. The van der Waals surface area contributed by atoms with Crippen LogP contribution in [0.2, 0.25) is 0 Å². The van der Waals surface area contributed by atoms with Crippen LogP contribution in [0.5, 0.6) is 11.5 Å². The number of phenols is 1. The average Bonchev–Trinajstić information content (AvgIpc) is 2.53. The minimum Gasteiger partial charge on any atom is -0.507 e. The molecule has 0 saturated heterocycles. The van der Waals surface area contributed by atoms with Crippen LogP contribution in [0.4, 0.5) is 0 Å². The SMILES string of the molecule is Cc1ccc(S(=O)(=O)C/C=C\Oc2ccc(O)c(C(=O)O)c2)cc1. The average molecular weight is 348 g/mol. The molecule has 0 amide bonds. The Bertz CT molecular complexity index is 866. The van der Waals surface area contributed by atoms with Gasteiger partial charge >= 0.3 is 5.97 Å². The minimum absolute atomic E-state index is 0.175. The maximum Gasteiger partial charge on any atom is 0.339 e. The van der Waals surface area contributed by atoms with E-state index >= 15 is 0 Å². The first-order valence-electron chi connectivity index (χ1n) is 6.97. The number of rotatable bonds is 6. The van der Waals surface area contributed by atoms with Gasteiger partial charge in [0.2, 0.25) is 0 Å². The van der Waals surface area contributed by atoms with Gasteiger partial charge < -0.3 is 14.9 Å². The summed E-state index contributed by atoms with van der Waals surface area (Å²) in [5.41, 5.74) is 0.669. The van der Waals surface area contributed by atoms with Crippen LogP contribution in [0.15, 0.2) is 59.7 Å². The second-order valence-corrected chi connectivity index (χ2v) is 7.10. The fraction of sp³-hybridized carbons (Fsp3) is 0.118. The number of hydrogen-bond acceptors (Lipinski definition) is 5. The zero-order chi connectivity index (χ0) is 17.7. The van der Waals surface area contributed by atoms with Crippen LogP contribution in [-0.2, 0) is 9.84 Å². The van der Waals surface area contributed by atoms with Crippen molar-refractivity contribution in [3.05, 3.63) is 65.9 Å². The molecule has 0 unspecified atom stereocenters. The lowest BCUT2D eigenvalue weighted by molar-refractivity contribution is 0.0693. The lowest BCUT2D eigenvalue weighted by Crippen LogP contribution is -2.04. The first-order valence-corrected chi connectivity index (χ1v) is 8.62. The molecule has 0 aliphatic heterocycles. The van der Waals surface area contributed by atoms with Crippen molar-refractivity contribution in [2.75, 3.05) is 5.75 Å². The molecule has 0 saturated carbocycles. The van der Waals surface area contributed by atoms with Gasteiger partial charge in [0.1, 0.15) is 17.1 Å². The Morgan fingerprint density at radius 2 is 1.83 bits per heavy atom. The molecule has 0 spiro atoms. The van der Waals surface area contributed by atoms with E-state index in [0.717, 1.165) is 11.6 Å². The summed E-state index contributed by atoms with van der Waals surface area (Å²) in [5.74, 6) is -1.74. The van der Waals surface area contributed by atoms with Crippen LogP contribution in [0.1, 0.15) is 15.9 Å². The summed E-state index contributed by atoms with van der Waals surface area (Å²) in [6, 6.07) is 10.2. The highest BCUT2D eigenvalue weighted by atomic mass is 32.2. The largest absolute Gasteiger partial charge is 0.507 e. The normalized spacial score (nSPS) is 11.5. The summed E-state index contributed by atoms with van der Waals surface area (Å²) in [4.78, 5) is 11.1. The van der Waals surface area contributed by atoms with E-state index in [1.54, 1.807) is 24.3 Å². The van der Waals surface area contributed by atoms with Gasteiger partial charge in [0.05, 0.1) is 16.9 Å².